The van der Waals surface area contributed by atoms with Crippen LogP contribution in [0.4, 0.5) is 11.4 Å². The number of nitrogens with one attached hydrogen (secondary N) is 2. The predicted molar refractivity (Wildman–Crippen MR) is 138 cm³/mol. The Kier molecular flexibility index (Phi) is 9.90. The number of aliphatic imine (C=N–C) groups is 1. The summed E-state index contributed by atoms with van der Waals surface area (Å²) in [6, 6.07) is 16.0. The first kappa shape index (κ1) is 24.8. The number of guanidine groups is 1. The third-order valence-corrected chi connectivity index (χ3v) is 4.99. The summed E-state index contributed by atoms with van der Waals surface area (Å²) in [4.78, 5) is 20.8. The molecule has 1 heterocycles. The Morgan fingerprint density at radius 3 is 2.52 bits per heavy atom. The van der Waals surface area contributed by atoms with E-state index in [9.17, 15) is 4.79 Å². The fourth-order valence-electron chi connectivity index (χ4n) is 3.53. The molecule has 0 saturated carbocycles. The van der Waals surface area contributed by atoms with Crippen LogP contribution in [0, 0.1) is 0 Å². The molecule has 0 bridgehead atoms. The van der Waals surface area contributed by atoms with Crippen LogP contribution < -0.4 is 20.3 Å². The van der Waals surface area contributed by atoms with Gasteiger partial charge in [0.05, 0.1) is 13.7 Å². The molecule has 2 N–H and O–H groups in total. The number of hydrogen-bond donors (Lipinski definition) is 2. The molecule has 1 aliphatic heterocycles. The lowest BCUT2D eigenvalue weighted by Crippen LogP contribution is -2.52. The second-order valence-electron chi connectivity index (χ2n) is 7.23. The van der Waals surface area contributed by atoms with Gasteiger partial charge < -0.3 is 25.2 Å². The largest absolute Gasteiger partial charge is 0.497 e. The van der Waals surface area contributed by atoms with Gasteiger partial charge in [0.2, 0.25) is 5.91 Å². The van der Waals surface area contributed by atoms with Gasteiger partial charge in [-0.05, 0) is 36.8 Å². The second kappa shape index (κ2) is 12.4. The standard InChI is InChI=1S/C23H31N5O2.HI/c1-4-24-23(25-17-19-7-5-8-20(15-19)26-18(2)29)28-13-11-27(12-14-28)21-9-6-10-22(16-21)30-3;/h5-10,15-16H,4,11-14,17H2,1-3H3,(H,24,25)(H,26,29);1H. The number of ether oxygens (including phenoxy) is 1. The van der Waals surface area contributed by atoms with E-state index in [-0.39, 0.29) is 29.9 Å². The van der Waals surface area contributed by atoms with Crippen LogP contribution >= 0.6 is 24.0 Å². The van der Waals surface area contributed by atoms with Crippen LogP contribution in [0.3, 0.4) is 0 Å². The van der Waals surface area contributed by atoms with E-state index in [1.807, 2.05) is 36.4 Å². The van der Waals surface area contributed by atoms with E-state index in [1.165, 1.54) is 12.6 Å². The molecule has 1 fully saturated rings. The molecule has 0 radical (unpaired) electrons. The summed E-state index contributed by atoms with van der Waals surface area (Å²) in [5.74, 6) is 1.73. The van der Waals surface area contributed by atoms with Crippen LogP contribution in [-0.4, -0.2) is 56.6 Å². The van der Waals surface area contributed by atoms with Crippen LogP contribution in [0.25, 0.3) is 0 Å². The second-order valence-corrected chi connectivity index (χ2v) is 7.23. The van der Waals surface area contributed by atoms with Crippen molar-refractivity contribution in [2.24, 2.45) is 4.99 Å². The average Bonchev–Trinajstić information content (AvgIpc) is 2.76. The van der Waals surface area contributed by atoms with Gasteiger partial charge in [-0.15, -0.1) is 24.0 Å². The summed E-state index contributed by atoms with van der Waals surface area (Å²) in [7, 11) is 1.70. The molecule has 0 aromatic heterocycles. The minimum atomic E-state index is -0.0714. The number of carbonyl (C=O) groups is 1. The molecule has 0 atom stereocenters. The smallest absolute Gasteiger partial charge is 0.221 e. The van der Waals surface area contributed by atoms with Crippen molar-refractivity contribution in [1.29, 1.82) is 0 Å². The number of piperazine rings is 1. The lowest BCUT2D eigenvalue weighted by Gasteiger charge is -2.37. The molecule has 7 nitrogen and oxygen atoms in total. The van der Waals surface area contributed by atoms with E-state index in [0.29, 0.717) is 6.54 Å². The predicted octanol–water partition coefficient (Wildman–Crippen LogP) is 3.56. The highest BCUT2D eigenvalue weighted by molar-refractivity contribution is 14.0. The fourth-order valence-corrected chi connectivity index (χ4v) is 3.53. The molecule has 0 spiro atoms. The molecule has 1 aliphatic rings. The van der Waals surface area contributed by atoms with Crippen LogP contribution in [0.2, 0.25) is 0 Å². The Labute approximate surface area is 201 Å². The maximum Gasteiger partial charge on any atom is 0.221 e. The van der Waals surface area contributed by atoms with Crippen molar-refractivity contribution < 1.29 is 9.53 Å². The van der Waals surface area contributed by atoms with Gasteiger partial charge in [-0.3, -0.25) is 4.79 Å². The zero-order valence-corrected chi connectivity index (χ0v) is 20.8. The van der Waals surface area contributed by atoms with Gasteiger partial charge in [0.15, 0.2) is 5.96 Å². The van der Waals surface area contributed by atoms with Crippen molar-refractivity contribution in [2.45, 2.75) is 20.4 Å². The van der Waals surface area contributed by atoms with E-state index in [1.54, 1.807) is 7.11 Å². The minimum Gasteiger partial charge on any atom is -0.497 e. The summed E-state index contributed by atoms with van der Waals surface area (Å²) in [5, 5.41) is 6.23. The first-order valence-corrected chi connectivity index (χ1v) is 10.4. The van der Waals surface area contributed by atoms with E-state index in [4.69, 9.17) is 9.73 Å². The molecule has 2 aromatic carbocycles. The first-order valence-electron chi connectivity index (χ1n) is 10.4. The number of nitrogens with zero attached hydrogens (tertiary/aromatic N) is 3. The maximum absolute atomic E-state index is 11.3. The quantitative estimate of drug-likeness (QED) is 0.335. The highest BCUT2D eigenvalue weighted by atomic mass is 127. The third-order valence-electron chi connectivity index (χ3n) is 4.99. The lowest BCUT2D eigenvalue weighted by atomic mass is 10.2. The van der Waals surface area contributed by atoms with Crippen LogP contribution in [0.5, 0.6) is 5.75 Å². The molecule has 31 heavy (non-hydrogen) atoms. The van der Waals surface area contributed by atoms with Crippen molar-refractivity contribution in [1.82, 2.24) is 10.2 Å². The Morgan fingerprint density at radius 2 is 1.84 bits per heavy atom. The number of carbonyl (C=O) groups excluding carboxylic acids is 1. The molecule has 1 amide bonds. The highest BCUT2D eigenvalue weighted by Crippen LogP contribution is 2.22. The van der Waals surface area contributed by atoms with Gasteiger partial charge in [-0.25, -0.2) is 4.99 Å². The molecule has 0 aliphatic carbocycles. The number of rotatable bonds is 6. The minimum absolute atomic E-state index is 0. The van der Waals surface area contributed by atoms with Gasteiger partial charge >= 0.3 is 0 Å². The van der Waals surface area contributed by atoms with Gasteiger partial charge in [0.1, 0.15) is 5.75 Å². The number of anilines is 2. The normalized spacial score (nSPS) is 14.0. The van der Waals surface area contributed by atoms with Gasteiger partial charge in [0, 0.05) is 57.1 Å². The lowest BCUT2D eigenvalue weighted by molar-refractivity contribution is -0.114. The average molecular weight is 537 g/mol. The monoisotopic (exact) mass is 537 g/mol. The molecule has 1 saturated heterocycles. The van der Waals surface area contributed by atoms with Crippen LogP contribution in [0.1, 0.15) is 19.4 Å². The van der Waals surface area contributed by atoms with Crippen molar-refractivity contribution >= 4 is 47.2 Å². The molecule has 2 aromatic rings. The maximum atomic E-state index is 11.3. The summed E-state index contributed by atoms with van der Waals surface area (Å²) in [6.07, 6.45) is 0. The molecule has 0 unspecified atom stereocenters. The number of methoxy groups -OCH3 is 1. The topological polar surface area (TPSA) is 69.2 Å². The van der Waals surface area contributed by atoms with Crippen molar-refractivity contribution in [2.75, 3.05) is 50.1 Å². The summed E-state index contributed by atoms with van der Waals surface area (Å²) >= 11 is 0. The molecule has 168 valence electrons. The van der Waals surface area contributed by atoms with Crippen molar-refractivity contribution in [3.05, 3.63) is 54.1 Å². The summed E-state index contributed by atoms with van der Waals surface area (Å²) < 4.78 is 5.35. The Bertz CT molecular complexity index is 882. The first-order chi connectivity index (χ1) is 14.6. The van der Waals surface area contributed by atoms with E-state index in [2.05, 4.69) is 39.5 Å². The van der Waals surface area contributed by atoms with E-state index in [0.717, 1.165) is 55.7 Å². The molecule has 8 heteroatoms. The van der Waals surface area contributed by atoms with Crippen molar-refractivity contribution in [3.63, 3.8) is 0 Å². The summed E-state index contributed by atoms with van der Waals surface area (Å²) in [6.45, 7) is 8.63. The zero-order valence-electron chi connectivity index (χ0n) is 18.4. The number of hydrogen-bond acceptors (Lipinski definition) is 4. The van der Waals surface area contributed by atoms with Gasteiger partial charge in [-0.2, -0.15) is 0 Å². The van der Waals surface area contributed by atoms with Crippen molar-refractivity contribution in [3.8, 4) is 5.75 Å². The van der Waals surface area contributed by atoms with E-state index < -0.39 is 0 Å². The van der Waals surface area contributed by atoms with Crippen LogP contribution in [0.15, 0.2) is 53.5 Å². The van der Waals surface area contributed by atoms with Crippen LogP contribution in [-0.2, 0) is 11.3 Å². The molecular formula is C23H32IN5O2. The molecule has 3 rings (SSSR count). The van der Waals surface area contributed by atoms with Gasteiger partial charge in [-0.1, -0.05) is 18.2 Å². The number of amides is 1. The Morgan fingerprint density at radius 1 is 1.10 bits per heavy atom. The molecular weight excluding hydrogens is 505 g/mol. The SMILES string of the molecule is CCNC(=NCc1cccc(NC(C)=O)c1)N1CCN(c2cccc(OC)c2)CC1.I. The van der Waals surface area contributed by atoms with Gasteiger partial charge in [0.25, 0.3) is 0 Å². The highest BCUT2D eigenvalue weighted by Gasteiger charge is 2.20. The Hall–Kier alpha value is -2.49. The Balaban J connectivity index is 0.00000341. The number of benzene rings is 2. The summed E-state index contributed by atoms with van der Waals surface area (Å²) in [5.41, 5.74) is 3.05. The van der Waals surface area contributed by atoms with E-state index >= 15 is 0 Å². The fraction of sp³-hybridized carbons (Fsp3) is 0.391. The third kappa shape index (κ3) is 7.30. The number of halogens is 1. The zero-order chi connectivity index (χ0) is 21.3.